The Kier molecular flexibility index (Phi) is 6.03. The van der Waals surface area contributed by atoms with E-state index in [-0.39, 0.29) is 17.9 Å². The number of benzene rings is 2. The van der Waals surface area contributed by atoms with Gasteiger partial charge in [0.2, 0.25) is 5.91 Å². The molecule has 28 heavy (non-hydrogen) atoms. The molecule has 2 heterocycles. The summed E-state index contributed by atoms with van der Waals surface area (Å²) in [5.41, 5.74) is 1.25. The zero-order chi connectivity index (χ0) is 19.3. The van der Waals surface area contributed by atoms with Crippen LogP contribution in [0.15, 0.2) is 48.5 Å². The van der Waals surface area contributed by atoms with Gasteiger partial charge in [0.15, 0.2) is 11.5 Å². The Hall–Kier alpha value is -2.24. The average Bonchev–Trinajstić information content (AvgIpc) is 2.74. The van der Waals surface area contributed by atoms with Gasteiger partial charge in [0, 0.05) is 17.5 Å². The second-order valence-electron chi connectivity index (χ2n) is 7.42. The number of halogens is 1. The number of hydrogen-bond acceptors (Lipinski definition) is 4. The van der Waals surface area contributed by atoms with Gasteiger partial charge in [-0.15, -0.1) is 0 Å². The lowest BCUT2D eigenvalue weighted by Gasteiger charge is -2.32. The van der Waals surface area contributed by atoms with Crippen molar-refractivity contribution in [3.63, 3.8) is 0 Å². The quantitative estimate of drug-likeness (QED) is 0.834. The molecule has 0 spiro atoms. The summed E-state index contributed by atoms with van der Waals surface area (Å²) in [6, 6.07) is 15.6. The van der Waals surface area contributed by atoms with Crippen molar-refractivity contribution in [2.45, 2.75) is 25.5 Å². The molecular formula is C22H25ClN2O3. The second kappa shape index (κ2) is 8.84. The lowest BCUT2D eigenvalue weighted by Crippen LogP contribution is -2.45. The minimum absolute atomic E-state index is 0.0678. The molecule has 5 nitrogen and oxygen atoms in total. The third kappa shape index (κ3) is 4.78. The van der Waals surface area contributed by atoms with Crippen LogP contribution in [0.2, 0.25) is 5.02 Å². The SMILES string of the molecule is O=C(NCC1COc2ccccc2O1)C1CCN(Cc2ccc(Cl)cc2)CC1. The molecule has 2 aromatic carbocycles. The van der Waals surface area contributed by atoms with Crippen LogP contribution in [0.1, 0.15) is 18.4 Å². The summed E-state index contributed by atoms with van der Waals surface area (Å²) >= 11 is 5.94. The van der Waals surface area contributed by atoms with Crippen LogP contribution in [-0.4, -0.2) is 43.2 Å². The van der Waals surface area contributed by atoms with Crippen LogP contribution in [0.4, 0.5) is 0 Å². The molecule has 1 amide bonds. The molecular weight excluding hydrogens is 376 g/mol. The third-order valence-electron chi connectivity index (χ3n) is 5.35. The van der Waals surface area contributed by atoms with Gasteiger partial charge in [-0.3, -0.25) is 9.69 Å². The largest absolute Gasteiger partial charge is 0.486 e. The van der Waals surface area contributed by atoms with Crippen molar-refractivity contribution in [1.82, 2.24) is 10.2 Å². The molecule has 1 fully saturated rings. The van der Waals surface area contributed by atoms with Crippen LogP contribution in [0, 0.1) is 5.92 Å². The van der Waals surface area contributed by atoms with Gasteiger partial charge in [-0.05, 0) is 55.8 Å². The van der Waals surface area contributed by atoms with E-state index in [0.29, 0.717) is 13.2 Å². The Bertz CT molecular complexity index is 804. The first-order valence-electron chi connectivity index (χ1n) is 9.80. The summed E-state index contributed by atoms with van der Waals surface area (Å²) in [7, 11) is 0. The molecule has 0 aromatic heterocycles. The minimum atomic E-state index is -0.149. The van der Waals surface area contributed by atoms with Crippen LogP contribution >= 0.6 is 11.6 Å². The third-order valence-corrected chi connectivity index (χ3v) is 5.60. The Morgan fingerprint density at radius 3 is 2.54 bits per heavy atom. The number of likely N-dealkylation sites (tertiary alicyclic amines) is 1. The highest BCUT2D eigenvalue weighted by molar-refractivity contribution is 6.30. The number of hydrogen-bond donors (Lipinski definition) is 1. The summed E-state index contributed by atoms with van der Waals surface area (Å²) in [6.45, 7) is 3.68. The monoisotopic (exact) mass is 400 g/mol. The molecule has 0 bridgehead atoms. The number of carbonyl (C=O) groups excluding carboxylic acids is 1. The summed E-state index contributed by atoms with van der Waals surface area (Å²) in [6.07, 6.45) is 1.61. The molecule has 4 rings (SSSR count). The molecule has 1 unspecified atom stereocenters. The molecule has 2 aliphatic rings. The van der Waals surface area contributed by atoms with E-state index >= 15 is 0 Å². The smallest absolute Gasteiger partial charge is 0.223 e. The van der Waals surface area contributed by atoms with E-state index in [2.05, 4.69) is 22.3 Å². The highest BCUT2D eigenvalue weighted by atomic mass is 35.5. The summed E-state index contributed by atoms with van der Waals surface area (Å²) in [5, 5.41) is 3.81. The number of para-hydroxylation sites is 2. The average molecular weight is 401 g/mol. The van der Waals surface area contributed by atoms with E-state index < -0.39 is 0 Å². The van der Waals surface area contributed by atoms with Gasteiger partial charge >= 0.3 is 0 Å². The lowest BCUT2D eigenvalue weighted by atomic mass is 9.95. The highest BCUT2D eigenvalue weighted by Crippen LogP contribution is 2.30. The fourth-order valence-corrected chi connectivity index (χ4v) is 3.85. The van der Waals surface area contributed by atoms with Crippen LogP contribution in [0.3, 0.4) is 0 Å². The van der Waals surface area contributed by atoms with Crippen LogP contribution < -0.4 is 14.8 Å². The molecule has 1 saturated heterocycles. The maximum atomic E-state index is 12.5. The number of fused-ring (bicyclic) bond motifs is 1. The predicted molar refractivity (Wildman–Crippen MR) is 109 cm³/mol. The van der Waals surface area contributed by atoms with Crippen LogP contribution in [-0.2, 0) is 11.3 Å². The lowest BCUT2D eigenvalue weighted by molar-refractivity contribution is -0.127. The second-order valence-corrected chi connectivity index (χ2v) is 7.86. The van der Waals surface area contributed by atoms with E-state index in [1.54, 1.807) is 0 Å². The van der Waals surface area contributed by atoms with E-state index in [1.807, 2.05) is 36.4 Å². The van der Waals surface area contributed by atoms with Crippen molar-refractivity contribution in [2.24, 2.45) is 5.92 Å². The molecule has 0 aliphatic carbocycles. The number of ether oxygens (including phenoxy) is 2. The summed E-state index contributed by atoms with van der Waals surface area (Å²) in [5.74, 6) is 1.69. The van der Waals surface area contributed by atoms with Gasteiger partial charge in [-0.2, -0.15) is 0 Å². The molecule has 2 aliphatic heterocycles. The topological polar surface area (TPSA) is 50.8 Å². The first-order chi connectivity index (χ1) is 13.7. The summed E-state index contributed by atoms with van der Waals surface area (Å²) in [4.78, 5) is 14.9. The standard InChI is InChI=1S/C22H25ClN2O3/c23-18-7-5-16(6-8-18)14-25-11-9-17(10-12-25)22(26)24-13-19-15-27-20-3-1-2-4-21(20)28-19/h1-8,17,19H,9-15H2,(H,24,26). The van der Waals surface area contributed by atoms with Gasteiger partial charge in [-0.1, -0.05) is 35.9 Å². The van der Waals surface area contributed by atoms with Crippen molar-refractivity contribution >= 4 is 17.5 Å². The normalized spacial score (nSPS) is 20.0. The van der Waals surface area contributed by atoms with E-state index in [0.717, 1.165) is 49.0 Å². The van der Waals surface area contributed by atoms with Crippen molar-refractivity contribution in [3.05, 3.63) is 59.1 Å². The van der Waals surface area contributed by atoms with Crippen molar-refractivity contribution in [3.8, 4) is 11.5 Å². The number of carbonyl (C=O) groups is 1. The van der Waals surface area contributed by atoms with Gasteiger partial charge < -0.3 is 14.8 Å². The Labute approximate surface area is 170 Å². The first kappa shape index (κ1) is 19.1. The van der Waals surface area contributed by atoms with E-state index in [4.69, 9.17) is 21.1 Å². The Morgan fingerprint density at radius 1 is 1.07 bits per heavy atom. The Morgan fingerprint density at radius 2 is 1.79 bits per heavy atom. The van der Waals surface area contributed by atoms with Crippen LogP contribution in [0.25, 0.3) is 0 Å². The molecule has 6 heteroatoms. The molecule has 1 N–H and O–H groups in total. The molecule has 0 saturated carbocycles. The summed E-state index contributed by atoms with van der Waals surface area (Å²) < 4.78 is 11.6. The molecule has 148 valence electrons. The van der Waals surface area contributed by atoms with Crippen molar-refractivity contribution < 1.29 is 14.3 Å². The number of piperidine rings is 1. The highest BCUT2D eigenvalue weighted by Gasteiger charge is 2.27. The minimum Gasteiger partial charge on any atom is -0.486 e. The number of nitrogens with zero attached hydrogens (tertiary/aromatic N) is 1. The molecule has 0 radical (unpaired) electrons. The number of nitrogens with one attached hydrogen (secondary N) is 1. The van der Waals surface area contributed by atoms with Gasteiger partial charge in [-0.25, -0.2) is 0 Å². The van der Waals surface area contributed by atoms with Crippen LogP contribution in [0.5, 0.6) is 11.5 Å². The predicted octanol–water partition coefficient (Wildman–Crippen LogP) is 3.51. The zero-order valence-corrected chi connectivity index (χ0v) is 16.5. The van der Waals surface area contributed by atoms with E-state index in [1.165, 1.54) is 5.56 Å². The molecule has 1 atom stereocenters. The van der Waals surface area contributed by atoms with Gasteiger partial charge in [0.05, 0.1) is 6.54 Å². The maximum Gasteiger partial charge on any atom is 0.223 e. The van der Waals surface area contributed by atoms with Crippen molar-refractivity contribution in [1.29, 1.82) is 0 Å². The first-order valence-corrected chi connectivity index (χ1v) is 10.2. The molecule has 2 aromatic rings. The van der Waals surface area contributed by atoms with E-state index in [9.17, 15) is 4.79 Å². The fourth-order valence-electron chi connectivity index (χ4n) is 3.72. The number of amides is 1. The zero-order valence-electron chi connectivity index (χ0n) is 15.8. The fraction of sp³-hybridized carbons (Fsp3) is 0.409. The van der Waals surface area contributed by atoms with Gasteiger partial charge in [0.1, 0.15) is 12.7 Å². The maximum absolute atomic E-state index is 12.5. The van der Waals surface area contributed by atoms with Crippen molar-refractivity contribution in [2.75, 3.05) is 26.2 Å². The van der Waals surface area contributed by atoms with Gasteiger partial charge in [0.25, 0.3) is 0 Å². The Balaban J connectivity index is 1.20. The number of rotatable bonds is 5.